The van der Waals surface area contributed by atoms with Crippen LogP contribution in [0.2, 0.25) is 0 Å². The van der Waals surface area contributed by atoms with Crippen LogP contribution in [0.15, 0.2) is 39.5 Å². The molecule has 2 rings (SSSR count). The number of aryl methyl sites for hydroxylation is 1. The number of rotatable bonds is 3. The van der Waals surface area contributed by atoms with Crippen molar-refractivity contribution in [2.24, 2.45) is 0 Å². The maximum atomic E-state index is 3.76. The largest absolute Gasteiger partial charge is 0.152 e. The molecule has 0 N–H and O–H groups in total. The predicted octanol–water partition coefficient (Wildman–Crippen LogP) is 5.50. The van der Waals surface area contributed by atoms with E-state index in [9.17, 15) is 0 Å². The minimum Gasteiger partial charge on any atom is -0.152 e. The van der Waals surface area contributed by atoms with Crippen LogP contribution in [0.1, 0.15) is 21.5 Å². The van der Waals surface area contributed by atoms with Gasteiger partial charge in [-0.05, 0) is 52.9 Å². The summed E-state index contributed by atoms with van der Waals surface area (Å²) < 4.78 is 1.18. The third-order valence-corrected chi connectivity index (χ3v) is 4.72. The molecule has 0 bridgehead atoms. The van der Waals surface area contributed by atoms with Crippen LogP contribution in [-0.2, 0) is 6.42 Å². The topological polar surface area (TPSA) is 0 Å². The highest BCUT2D eigenvalue weighted by atomic mass is 79.9. The zero-order valence-electron chi connectivity index (χ0n) is 8.91. The lowest BCUT2D eigenvalue weighted by Crippen LogP contribution is -1.95. The van der Waals surface area contributed by atoms with E-state index in [1.165, 1.54) is 21.2 Å². The maximum absolute atomic E-state index is 3.76. The van der Waals surface area contributed by atoms with Crippen molar-refractivity contribution in [2.75, 3.05) is 0 Å². The molecule has 0 fully saturated rings. The molecule has 84 valence electrons. The van der Waals surface area contributed by atoms with Crippen molar-refractivity contribution >= 4 is 43.2 Å². The van der Waals surface area contributed by atoms with Crippen LogP contribution in [0.25, 0.3) is 0 Å². The summed E-state index contributed by atoms with van der Waals surface area (Å²) in [5.74, 6) is 0. The van der Waals surface area contributed by atoms with Crippen molar-refractivity contribution in [1.29, 1.82) is 0 Å². The van der Waals surface area contributed by atoms with E-state index < -0.39 is 0 Å². The van der Waals surface area contributed by atoms with Gasteiger partial charge in [0.15, 0.2) is 0 Å². The number of benzene rings is 1. The highest BCUT2D eigenvalue weighted by Gasteiger charge is 2.12. The van der Waals surface area contributed by atoms with Gasteiger partial charge in [-0.3, -0.25) is 0 Å². The Labute approximate surface area is 117 Å². The zero-order valence-corrected chi connectivity index (χ0v) is 12.9. The molecule has 16 heavy (non-hydrogen) atoms. The van der Waals surface area contributed by atoms with Gasteiger partial charge in [0, 0.05) is 9.30 Å². The van der Waals surface area contributed by atoms with E-state index >= 15 is 0 Å². The molecule has 0 aliphatic rings. The highest BCUT2D eigenvalue weighted by Crippen LogP contribution is 2.33. The van der Waals surface area contributed by atoms with Gasteiger partial charge in [0.2, 0.25) is 0 Å². The van der Waals surface area contributed by atoms with Crippen LogP contribution >= 0.6 is 43.2 Å². The predicted molar refractivity (Wildman–Crippen MR) is 78.6 cm³/mol. The molecule has 1 heterocycles. The second-order valence-electron chi connectivity index (χ2n) is 3.83. The molecule has 0 saturated carbocycles. The smallest absolute Gasteiger partial charge is 0.0447 e. The number of thiophene rings is 1. The molecule has 0 saturated heterocycles. The molecule has 0 radical (unpaired) electrons. The normalized spacial score (nSPS) is 12.7. The summed E-state index contributed by atoms with van der Waals surface area (Å²) >= 11 is 9.13. The molecule has 1 aromatic carbocycles. The van der Waals surface area contributed by atoms with Gasteiger partial charge in [-0.2, -0.15) is 11.3 Å². The van der Waals surface area contributed by atoms with E-state index in [0.29, 0.717) is 4.83 Å². The Hall–Kier alpha value is -0.120. The first-order valence-corrected chi connectivity index (χ1v) is 7.73. The van der Waals surface area contributed by atoms with Crippen LogP contribution in [0, 0.1) is 6.92 Å². The minimum absolute atomic E-state index is 0.372. The van der Waals surface area contributed by atoms with Gasteiger partial charge < -0.3 is 0 Å². The Morgan fingerprint density at radius 3 is 2.75 bits per heavy atom. The maximum Gasteiger partial charge on any atom is 0.0447 e. The summed E-state index contributed by atoms with van der Waals surface area (Å²) in [4.78, 5) is 0.372. The fourth-order valence-corrected chi connectivity index (χ4v) is 4.14. The van der Waals surface area contributed by atoms with E-state index in [1.54, 1.807) is 11.3 Å². The number of halogens is 2. The van der Waals surface area contributed by atoms with Crippen molar-refractivity contribution in [3.05, 3.63) is 56.2 Å². The van der Waals surface area contributed by atoms with Crippen molar-refractivity contribution in [2.45, 2.75) is 18.2 Å². The molecule has 0 spiro atoms. The van der Waals surface area contributed by atoms with Crippen molar-refractivity contribution < 1.29 is 0 Å². The van der Waals surface area contributed by atoms with Crippen molar-refractivity contribution in [1.82, 2.24) is 0 Å². The Balaban J connectivity index is 2.17. The molecule has 1 unspecified atom stereocenters. The van der Waals surface area contributed by atoms with Gasteiger partial charge in [-0.25, -0.2) is 0 Å². The Kier molecular flexibility index (Phi) is 4.22. The second-order valence-corrected chi connectivity index (χ2v) is 6.57. The van der Waals surface area contributed by atoms with E-state index in [0.717, 1.165) is 6.42 Å². The fraction of sp³-hybridized carbons (Fsp3) is 0.231. The molecule has 1 aromatic heterocycles. The second kappa shape index (κ2) is 5.48. The first-order valence-electron chi connectivity index (χ1n) is 5.08. The van der Waals surface area contributed by atoms with Crippen LogP contribution < -0.4 is 0 Å². The Bertz CT molecular complexity index is 463. The molecule has 0 aliphatic heterocycles. The molecule has 0 nitrogen and oxygen atoms in total. The van der Waals surface area contributed by atoms with Gasteiger partial charge in [-0.15, -0.1) is 0 Å². The lowest BCUT2D eigenvalue weighted by molar-refractivity contribution is 0.947. The highest BCUT2D eigenvalue weighted by molar-refractivity contribution is 9.11. The zero-order chi connectivity index (χ0) is 11.5. The monoisotopic (exact) mass is 358 g/mol. The molecule has 0 aliphatic carbocycles. The van der Waals surface area contributed by atoms with Crippen LogP contribution in [0.3, 0.4) is 0 Å². The van der Waals surface area contributed by atoms with E-state index in [-0.39, 0.29) is 0 Å². The van der Waals surface area contributed by atoms with E-state index in [2.05, 4.69) is 73.8 Å². The van der Waals surface area contributed by atoms with Gasteiger partial charge >= 0.3 is 0 Å². The summed E-state index contributed by atoms with van der Waals surface area (Å²) in [5.41, 5.74) is 3.99. The van der Waals surface area contributed by atoms with Crippen molar-refractivity contribution in [3.8, 4) is 0 Å². The molecule has 0 amide bonds. The summed E-state index contributed by atoms with van der Waals surface area (Å²) in [6, 6.07) is 8.69. The van der Waals surface area contributed by atoms with Gasteiger partial charge in [0.1, 0.15) is 0 Å². The minimum atomic E-state index is 0.372. The standard InChI is InChI=1S/C13H12Br2S/c1-9-2-3-11(12(14)6-9)13(15)7-10-4-5-16-8-10/h2-6,8,13H,7H2,1H3. The van der Waals surface area contributed by atoms with Crippen LogP contribution in [0.5, 0.6) is 0 Å². The molecular formula is C13H12Br2S. The summed E-state index contributed by atoms with van der Waals surface area (Å²) in [7, 11) is 0. The lowest BCUT2D eigenvalue weighted by Gasteiger charge is -2.12. The Morgan fingerprint density at radius 1 is 1.31 bits per heavy atom. The number of alkyl halides is 1. The summed E-state index contributed by atoms with van der Waals surface area (Å²) in [6.07, 6.45) is 1.03. The fourth-order valence-electron chi connectivity index (χ4n) is 1.61. The molecule has 3 heteroatoms. The Morgan fingerprint density at radius 2 is 2.12 bits per heavy atom. The van der Waals surface area contributed by atoms with Gasteiger partial charge in [0.05, 0.1) is 0 Å². The SMILES string of the molecule is Cc1ccc(C(Br)Cc2ccsc2)c(Br)c1. The first kappa shape index (κ1) is 12.3. The van der Waals surface area contributed by atoms with E-state index in [4.69, 9.17) is 0 Å². The lowest BCUT2D eigenvalue weighted by atomic mass is 10.1. The van der Waals surface area contributed by atoms with E-state index in [1.807, 2.05) is 0 Å². The average Bonchev–Trinajstić information content (AvgIpc) is 2.70. The third kappa shape index (κ3) is 2.96. The van der Waals surface area contributed by atoms with Gasteiger partial charge in [0.25, 0.3) is 0 Å². The quantitative estimate of drug-likeness (QED) is 0.635. The first-order chi connectivity index (χ1) is 7.66. The summed E-state index contributed by atoms with van der Waals surface area (Å²) in [6.45, 7) is 2.11. The third-order valence-electron chi connectivity index (χ3n) is 2.49. The average molecular weight is 360 g/mol. The molecule has 1 atom stereocenters. The van der Waals surface area contributed by atoms with Crippen LogP contribution in [-0.4, -0.2) is 0 Å². The van der Waals surface area contributed by atoms with Gasteiger partial charge in [-0.1, -0.05) is 44.0 Å². The number of hydrogen-bond donors (Lipinski definition) is 0. The molecule has 2 aromatic rings. The molecular weight excluding hydrogens is 348 g/mol. The van der Waals surface area contributed by atoms with Crippen LogP contribution in [0.4, 0.5) is 0 Å². The van der Waals surface area contributed by atoms with Crippen molar-refractivity contribution in [3.63, 3.8) is 0 Å². The number of hydrogen-bond acceptors (Lipinski definition) is 1. The summed E-state index contributed by atoms with van der Waals surface area (Å²) in [5, 5.41) is 4.33.